The van der Waals surface area contributed by atoms with Gasteiger partial charge >= 0.3 is 0 Å². The Labute approximate surface area is 79.3 Å². The summed E-state index contributed by atoms with van der Waals surface area (Å²) in [6, 6.07) is 0.418. The molecule has 2 aliphatic rings. The third-order valence-electron chi connectivity index (χ3n) is 2.90. The zero-order valence-electron chi connectivity index (χ0n) is 8.34. The van der Waals surface area contributed by atoms with E-state index in [4.69, 9.17) is 4.74 Å². The van der Waals surface area contributed by atoms with Crippen LogP contribution in [0.3, 0.4) is 0 Å². The van der Waals surface area contributed by atoms with Crippen molar-refractivity contribution in [3.05, 3.63) is 24.4 Å². The van der Waals surface area contributed by atoms with Crippen LogP contribution in [0.1, 0.15) is 6.92 Å². The van der Waals surface area contributed by atoms with Crippen LogP contribution >= 0.6 is 0 Å². The molecule has 3 atom stereocenters. The van der Waals surface area contributed by atoms with Crippen LogP contribution in [0, 0.1) is 0 Å². The largest absolute Gasteiger partial charge is 0.364 e. The van der Waals surface area contributed by atoms with E-state index < -0.39 is 0 Å². The quantitative estimate of drug-likeness (QED) is 0.599. The maximum atomic E-state index is 5.44. The molecule has 0 radical (unpaired) electrons. The van der Waals surface area contributed by atoms with Gasteiger partial charge < -0.3 is 9.64 Å². The van der Waals surface area contributed by atoms with Crippen molar-refractivity contribution in [1.82, 2.24) is 9.80 Å². The van der Waals surface area contributed by atoms with Crippen molar-refractivity contribution in [2.45, 2.75) is 25.4 Å². The molecule has 3 nitrogen and oxygen atoms in total. The van der Waals surface area contributed by atoms with Crippen LogP contribution in [0.15, 0.2) is 24.4 Å². The monoisotopic (exact) mass is 180 g/mol. The van der Waals surface area contributed by atoms with E-state index in [1.54, 1.807) is 7.11 Å². The Morgan fingerprint density at radius 2 is 2.08 bits per heavy atom. The second kappa shape index (κ2) is 3.16. The summed E-state index contributed by atoms with van der Waals surface area (Å²) in [5.74, 6) is 0. The Hall–Kier alpha value is -0.800. The van der Waals surface area contributed by atoms with Gasteiger partial charge in [-0.15, -0.1) is 0 Å². The molecule has 3 unspecified atom stereocenters. The standard InChI is InChI=1S/C10H16N2O/c1-8-10(13-3)11(2)9-6-4-5-7-12(8)9/h4-10H,1-3H3. The molecule has 1 saturated heterocycles. The molecule has 1 fully saturated rings. The van der Waals surface area contributed by atoms with Gasteiger partial charge in [0, 0.05) is 13.3 Å². The zero-order valence-corrected chi connectivity index (χ0v) is 8.34. The molecule has 2 heterocycles. The maximum absolute atomic E-state index is 5.44. The molecular weight excluding hydrogens is 164 g/mol. The lowest BCUT2D eigenvalue weighted by atomic mass is 10.2. The van der Waals surface area contributed by atoms with Crippen LogP contribution in [0.2, 0.25) is 0 Å². The van der Waals surface area contributed by atoms with Gasteiger partial charge in [0.1, 0.15) is 12.4 Å². The van der Waals surface area contributed by atoms with E-state index >= 15 is 0 Å². The van der Waals surface area contributed by atoms with E-state index in [1.165, 1.54) is 0 Å². The van der Waals surface area contributed by atoms with E-state index in [1.807, 2.05) is 0 Å². The molecule has 0 spiro atoms. The lowest BCUT2D eigenvalue weighted by Crippen LogP contribution is -2.35. The number of methoxy groups -OCH3 is 1. The summed E-state index contributed by atoms with van der Waals surface area (Å²) in [6.45, 7) is 2.19. The summed E-state index contributed by atoms with van der Waals surface area (Å²) in [6.07, 6.45) is 9.03. The topological polar surface area (TPSA) is 15.7 Å². The number of fused-ring (bicyclic) bond motifs is 1. The second-order valence-corrected chi connectivity index (χ2v) is 3.62. The summed E-state index contributed by atoms with van der Waals surface area (Å²) in [5.41, 5.74) is 0. The lowest BCUT2D eigenvalue weighted by Gasteiger charge is -2.27. The van der Waals surface area contributed by atoms with Crippen molar-refractivity contribution in [1.29, 1.82) is 0 Å². The Bertz CT molecular complexity index is 225. The molecule has 0 saturated carbocycles. The SMILES string of the molecule is COC1C(C)N2C=CC=CC2N1C. The summed E-state index contributed by atoms with van der Waals surface area (Å²) >= 11 is 0. The second-order valence-electron chi connectivity index (χ2n) is 3.62. The van der Waals surface area contributed by atoms with E-state index in [0.29, 0.717) is 12.2 Å². The number of rotatable bonds is 1. The van der Waals surface area contributed by atoms with Crippen molar-refractivity contribution in [3.8, 4) is 0 Å². The summed E-state index contributed by atoms with van der Waals surface area (Å²) in [4.78, 5) is 4.55. The third-order valence-corrected chi connectivity index (χ3v) is 2.90. The highest BCUT2D eigenvalue weighted by atomic mass is 16.5. The predicted octanol–water partition coefficient (Wildman–Crippen LogP) is 1.00. The van der Waals surface area contributed by atoms with Gasteiger partial charge in [0.05, 0.1) is 6.04 Å². The van der Waals surface area contributed by atoms with E-state index in [9.17, 15) is 0 Å². The molecule has 13 heavy (non-hydrogen) atoms. The Morgan fingerprint density at radius 1 is 1.31 bits per heavy atom. The molecule has 0 aliphatic carbocycles. The highest BCUT2D eigenvalue weighted by Crippen LogP contribution is 2.28. The first-order valence-corrected chi connectivity index (χ1v) is 4.63. The molecule has 3 heteroatoms. The van der Waals surface area contributed by atoms with Gasteiger partial charge in [-0.3, -0.25) is 4.90 Å². The number of nitrogens with zero attached hydrogens (tertiary/aromatic N) is 2. The van der Waals surface area contributed by atoms with Crippen molar-refractivity contribution in [3.63, 3.8) is 0 Å². The van der Waals surface area contributed by atoms with Crippen molar-refractivity contribution < 1.29 is 4.74 Å². The van der Waals surface area contributed by atoms with Gasteiger partial charge in [-0.25, -0.2) is 0 Å². The molecule has 0 amide bonds. The number of allylic oxidation sites excluding steroid dienone is 2. The molecule has 0 aromatic heterocycles. The first kappa shape index (κ1) is 8.78. The van der Waals surface area contributed by atoms with Gasteiger partial charge in [-0.05, 0) is 26.1 Å². The average Bonchev–Trinajstić information content (AvgIpc) is 2.41. The molecule has 2 rings (SSSR count). The van der Waals surface area contributed by atoms with Crippen molar-refractivity contribution >= 4 is 0 Å². The fourth-order valence-electron chi connectivity index (χ4n) is 2.22. The van der Waals surface area contributed by atoms with Crippen LogP contribution in [0.5, 0.6) is 0 Å². The smallest absolute Gasteiger partial charge is 0.132 e. The maximum Gasteiger partial charge on any atom is 0.132 e. The van der Waals surface area contributed by atoms with Crippen LogP contribution in [0.25, 0.3) is 0 Å². The molecular formula is C10H16N2O. The van der Waals surface area contributed by atoms with Gasteiger partial charge in [-0.1, -0.05) is 6.08 Å². The molecule has 0 aromatic rings. The third kappa shape index (κ3) is 1.19. The van der Waals surface area contributed by atoms with Crippen LogP contribution in [-0.2, 0) is 4.74 Å². The first-order valence-electron chi connectivity index (χ1n) is 4.63. The minimum atomic E-state index is 0.192. The number of hydrogen-bond donors (Lipinski definition) is 0. The van der Waals surface area contributed by atoms with Crippen LogP contribution < -0.4 is 0 Å². The molecule has 72 valence electrons. The molecule has 0 aromatic carbocycles. The fourth-order valence-corrected chi connectivity index (χ4v) is 2.22. The van der Waals surface area contributed by atoms with Gasteiger partial charge in [0.25, 0.3) is 0 Å². The van der Waals surface area contributed by atoms with E-state index in [0.717, 1.165) is 0 Å². The molecule has 2 aliphatic heterocycles. The zero-order chi connectivity index (χ0) is 9.42. The van der Waals surface area contributed by atoms with Gasteiger partial charge in [-0.2, -0.15) is 0 Å². The minimum Gasteiger partial charge on any atom is -0.364 e. The van der Waals surface area contributed by atoms with Crippen molar-refractivity contribution in [2.24, 2.45) is 0 Å². The van der Waals surface area contributed by atoms with Crippen LogP contribution in [0.4, 0.5) is 0 Å². The molecule has 0 bridgehead atoms. The normalized spacial score (nSPS) is 38.4. The summed E-state index contributed by atoms with van der Waals surface area (Å²) in [5, 5.41) is 0. The van der Waals surface area contributed by atoms with E-state index in [-0.39, 0.29) is 6.23 Å². The Morgan fingerprint density at radius 3 is 2.69 bits per heavy atom. The van der Waals surface area contributed by atoms with Crippen LogP contribution in [-0.4, -0.2) is 42.4 Å². The number of ether oxygens (including phenoxy) is 1. The van der Waals surface area contributed by atoms with E-state index in [2.05, 4.69) is 48.2 Å². The average molecular weight is 180 g/mol. The molecule has 0 N–H and O–H groups in total. The first-order chi connectivity index (χ1) is 6.25. The number of likely N-dealkylation sites (N-methyl/N-ethyl adjacent to an activating group) is 1. The number of hydrogen-bond acceptors (Lipinski definition) is 3. The van der Waals surface area contributed by atoms with Gasteiger partial charge in [0.2, 0.25) is 0 Å². The van der Waals surface area contributed by atoms with Gasteiger partial charge in [0.15, 0.2) is 0 Å². The Balaban J connectivity index is 2.24. The minimum absolute atomic E-state index is 0.192. The fraction of sp³-hybridized carbons (Fsp3) is 0.600. The highest BCUT2D eigenvalue weighted by Gasteiger charge is 2.40. The summed E-state index contributed by atoms with van der Waals surface area (Å²) < 4.78 is 5.44. The lowest BCUT2D eigenvalue weighted by molar-refractivity contribution is -0.00487. The highest BCUT2D eigenvalue weighted by molar-refractivity contribution is 5.16. The summed E-state index contributed by atoms with van der Waals surface area (Å²) in [7, 11) is 3.86. The van der Waals surface area contributed by atoms with Crippen molar-refractivity contribution in [2.75, 3.05) is 14.2 Å². The predicted molar refractivity (Wildman–Crippen MR) is 51.9 cm³/mol. The Kier molecular flexibility index (Phi) is 2.14.